The second-order valence-electron chi connectivity index (χ2n) is 2.22. The molecule has 0 aromatic carbocycles. The highest BCUT2D eigenvalue weighted by atomic mass is 14.9. The van der Waals surface area contributed by atoms with E-state index in [1.165, 1.54) is 0 Å². The normalized spacial score (nSPS) is 11.0. The maximum atomic E-state index is 8.53. The number of nitrogens with zero attached hydrogens (tertiary/aromatic N) is 1. The summed E-state index contributed by atoms with van der Waals surface area (Å²) in [5.74, 6) is 5.73. The van der Waals surface area contributed by atoms with Crippen LogP contribution in [0.15, 0.2) is 0 Å². The van der Waals surface area contributed by atoms with Crippen LogP contribution in [0, 0.1) is 23.2 Å². The summed E-state index contributed by atoms with van der Waals surface area (Å²) in [4.78, 5) is 0. The summed E-state index contributed by atoms with van der Waals surface area (Å²) in [6.07, 6.45) is 1.69. The van der Waals surface area contributed by atoms with Crippen molar-refractivity contribution in [2.45, 2.75) is 32.7 Å². The van der Waals surface area contributed by atoms with Gasteiger partial charge in [-0.3, -0.25) is 0 Å². The first-order valence-corrected chi connectivity index (χ1v) is 3.87. The molecule has 1 atom stereocenters. The van der Waals surface area contributed by atoms with Crippen molar-refractivity contribution < 1.29 is 0 Å². The smallest absolute Gasteiger partial charge is 0.0950 e. The fourth-order valence-electron chi connectivity index (χ4n) is 0.715. The Kier molecular flexibility index (Phi) is 6.48. The van der Waals surface area contributed by atoms with E-state index in [9.17, 15) is 0 Å². The van der Waals surface area contributed by atoms with Crippen molar-refractivity contribution in [3.8, 4) is 17.9 Å². The minimum atomic E-state index is -0.00587. The molecule has 60 valence electrons. The second kappa shape index (κ2) is 7.12. The molecule has 11 heavy (non-hydrogen) atoms. The van der Waals surface area contributed by atoms with Crippen LogP contribution in [0.5, 0.6) is 0 Å². The molecule has 1 unspecified atom stereocenters. The van der Waals surface area contributed by atoms with Gasteiger partial charge in [-0.25, -0.2) is 0 Å². The predicted molar refractivity (Wildman–Crippen MR) is 45.8 cm³/mol. The van der Waals surface area contributed by atoms with Crippen LogP contribution in [0.3, 0.4) is 0 Å². The molecule has 0 spiro atoms. The Balaban J connectivity index is 3.35. The lowest BCUT2D eigenvalue weighted by Gasteiger charge is -2.05. The average molecular weight is 150 g/mol. The van der Waals surface area contributed by atoms with E-state index in [1.807, 2.05) is 13.8 Å². The van der Waals surface area contributed by atoms with Crippen LogP contribution in [0.2, 0.25) is 0 Å². The molecule has 0 aliphatic carbocycles. The van der Waals surface area contributed by atoms with Gasteiger partial charge in [-0.05, 0) is 13.3 Å². The minimum Gasteiger partial charge on any atom is -0.301 e. The fraction of sp³-hybridized carbons (Fsp3) is 0.667. The van der Waals surface area contributed by atoms with Crippen LogP contribution in [0.4, 0.5) is 0 Å². The van der Waals surface area contributed by atoms with E-state index >= 15 is 0 Å². The molecule has 0 aromatic rings. The first-order valence-electron chi connectivity index (χ1n) is 3.87. The van der Waals surface area contributed by atoms with Crippen molar-refractivity contribution in [3.63, 3.8) is 0 Å². The number of nitrogens with one attached hydrogen (secondary N) is 1. The minimum absolute atomic E-state index is 0.00587. The average Bonchev–Trinajstić information content (AvgIpc) is 2.05. The van der Waals surface area contributed by atoms with E-state index in [0.29, 0.717) is 0 Å². The predicted octanol–water partition coefficient (Wildman–Crippen LogP) is 1.29. The molecule has 0 heterocycles. The summed E-state index contributed by atoms with van der Waals surface area (Å²) in [5.41, 5.74) is 0. The molecular weight excluding hydrogens is 136 g/mol. The first kappa shape index (κ1) is 10.0. The highest BCUT2D eigenvalue weighted by molar-refractivity contribution is 4.96. The number of hydrogen-bond donors (Lipinski definition) is 1. The van der Waals surface area contributed by atoms with E-state index in [1.54, 1.807) is 0 Å². The summed E-state index contributed by atoms with van der Waals surface area (Å²) >= 11 is 0. The Hall–Kier alpha value is -0.990. The van der Waals surface area contributed by atoms with Crippen LogP contribution >= 0.6 is 0 Å². The lowest BCUT2D eigenvalue weighted by atomic mass is 10.2. The lowest BCUT2D eigenvalue weighted by Crippen LogP contribution is -2.27. The molecule has 0 aliphatic rings. The fourth-order valence-corrected chi connectivity index (χ4v) is 0.715. The van der Waals surface area contributed by atoms with Crippen molar-refractivity contribution in [2.24, 2.45) is 0 Å². The van der Waals surface area contributed by atoms with E-state index in [-0.39, 0.29) is 6.04 Å². The molecule has 0 fully saturated rings. The number of rotatable bonds is 4. The standard InChI is InChI=1S/C9H14N2/c1-3-5-6-7-11-9(4-2)8-10/h9,11H,4,6-7H2,1-2H3. The third-order valence-corrected chi connectivity index (χ3v) is 1.38. The van der Waals surface area contributed by atoms with E-state index in [0.717, 1.165) is 19.4 Å². The van der Waals surface area contributed by atoms with Crippen molar-refractivity contribution in [2.75, 3.05) is 6.54 Å². The maximum absolute atomic E-state index is 8.53. The Morgan fingerprint density at radius 2 is 2.27 bits per heavy atom. The lowest BCUT2D eigenvalue weighted by molar-refractivity contribution is 0.595. The van der Waals surface area contributed by atoms with Crippen molar-refractivity contribution in [1.29, 1.82) is 5.26 Å². The van der Waals surface area contributed by atoms with Gasteiger partial charge in [0.05, 0.1) is 12.1 Å². The summed E-state index contributed by atoms with van der Waals surface area (Å²) in [6.45, 7) is 4.63. The van der Waals surface area contributed by atoms with Gasteiger partial charge in [0.25, 0.3) is 0 Å². The van der Waals surface area contributed by atoms with Crippen LogP contribution in [-0.4, -0.2) is 12.6 Å². The molecule has 2 heteroatoms. The molecule has 0 aromatic heterocycles. The molecule has 0 rings (SSSR count). The van der Waals surface area contributed by atoms with E-state index in [4.69, 9.17) is 5.26 Å². The Bertz CT molecular complexity index is 180. The zero-order valence-corrected chi connectivity index (χ0v) is 7.15. The Morgan fingerprint density at radius 1 is 1.55 bits per heavy atom. The van der Waals surface area contributed by atoms with Gasteiger partial charge in [-0.1, -0.05) is 6.92 Å². The first-order chi connectivity index (χ1) is 5.35. The van der Waals surface area contributed by atoms with Gasteiger partial charge in [0, 0.05) is 13.0 Å². The zero-order chi connectivity index (χ0) is 8.53. The van der Waals surface area contributed by atoms with Crippen LogP contribution in [0.25, 0.3) is 0 Å². The third-order valence-electron chi connectivity index (χ3n) is 1.38. The molecular formula is C9H14N2. The molecule has 0 saturated heterocycles. The van der Waals surface area contributed by atoms with Gasteiger partial charge < -0.3 is 5.32 Å². The van der Waals surface area contributed by atoms with E-state index < -0.39 is 0 Å². The molecule has 0 radical (unpaired) electrons. The maximum Gasteiger partial charge on any atom is 0.0950 e. The number of nitriles is 1. The van der Waals surface area contributed by atoms with Crippen molar-refractivity contribution >= 4 is 0 Å². The van der Waals surface area contributed by atoms with Crippen molar-refractivity contribution in [1.82, 2.24) is 5.32 Å². The third kappa shape index (κ3) is 5.45. The molecule has 2 nitrogen and oxygen atoms in total. The largest absolute Gasteiger partial charge is 0.301 e. The molecule has 0 saturated carbocycles. The summed E-state index contributed by atoms with van der Waals surface area (Å²) in [6, 6.07) is 2.16. The Morgan fingerprint density at radius 3 is 2.73 bits per heavy atom. The molecule has 0 bridgehead atoms. The van der Waals surface area contributed by atoms with Gasteiger partial charge in [0.2, 0.25) is 0 Å². The Labute approximate surface area is 68.6 Å². The van der Waals surface area contributed by atoms with Gasteiger partial charge in [-0.2, -0.15) is 5.26 Å². The van der Waals surface area contributed by atoms with E-state index in [2.05, 4.69) is 23.2 Å². The van der Waals surface area contributed by atoms with Gasteiger partial charge in [0.15, 0.2) is 0 Å². The van der Waals surface area contributed by atoms with Gasteiger partial charge in [0.1, 0.15) is 0 Å². The molecule has 1 N–H and O–H groups in total. The van der Waals surface area contributed by atoms with Crippen LogP contribution < -0.4 is 5.32 Å². The molecule has 0 amide bonds. The highest BCUT2D eigenvalue weighted by Crippen LogP contribution is 1.87. The summed E-state index contributed by atoms with van der Waals surface area (Å²) in [7, 11) is 0. The SMILES string of the molecule is CC#CCCNC(C#N)CC. The monoisotopic (exact) mass is 150 g/mol. The van der Waals surface area contributed by atoms with Gasteiger partial charge in [-0.15, -0.1) is 11.8 Å². The zero-order valence-electron chi connectivity index (χ0n) is 7.15. The summed E-state index contributed by atoms with van der Waals surface area (Å²) < 4.78 is 0. The second-order valence-corrected chi connectivity index (χ2v) is 2.22. The topological polar surface area (TPSA) is 35.8 Å². The highest BCUT2D eigenvalue weighted by Gasteiger charge is 1.99. The van der Waals surface area contributed by atoms with Crippen molar-refractivity contribution in [3.05, 3.63) is 0 Å². The quantitative estimate of drug-likeness (QED) is 0.484. The van der Waals surface area contributed by atoms with Gasteiger partial charge >= 0.3 is 0 Å². The van der Waals surface area contributed by atoms with Crippen LogP contribution in [0.1, 0.15) is 26.7 Å². The molecule has 0 aliphatic heterocycles. The summed E-state index contributed by atoms with van der Waals surface area (Å²) in [5, 5.41) is 11.6. The van der Waals surface area contributed by atoms with Crippen LogP contribution in [-0.2, 0) is 0 Å². The number of hydrogen-bond acceptors (Lipinski definition) is 2.